The lowest BCUT2D eigenvalue weighted by Crippen LogP contribution is -2.43. The van der Waals surface area contributed by atoms with Gasteiger partial charge in [0.1, 0.15) is 24.6 Å². The van der Waals surface area contributed by atoms with E-state index in [2.05, 4.69) is 6.58 Å². The van der Waals surface area contributed by atoms with Gasteiger partial charge in [0.2, 0.25) is 6.29 Å². The molecule has 0 amide bonds. The van der Waals surface area contributed by atoms with E-state index in [-0.39, 0.29) is 11.8 Å². The van der Waals surface area contributed by atoms with Crippen molar-refractivity contribution in [3.63, 3.8) is 0 Å². The summed E-state index contributed by atoms with van der Waals surface area (Å²) in [4.78, 5) is 22.9. The second-order valence-corrected chi connectivity index (χ2v) is 6.12. The second-order valence-electron chi connectivity index (χ2n) is 6.12. The molecule has 0 radical (unpaired) electrons. The summed E-state index contributed by atoms with van der Waals surface area (Å²) in [5, 5.41) is 0. The molecule has 1 aliphatic heterocycles. The predicted molar refractivity (Wildman–Crippen MR) is 90.8 cm³/mol. The second kappa shape index (κ2) is 8.67. The summed E-state index contributed by atoms with van der Waals surface area (Å²) in [5.74, 6) is 0.769. The molecule has 1 fully saturated rings. The van der Waals surface area contributed by atoms with Crippen LogP contribution in [0.15, 0.2) is 36.6 Å². The van der Waals surface area contributed by atoms with Crippen molar-refractivity contribution in [2.24, 2.45) is 0 Å². The quantitative estimate of drug-likeness (QED) is 0.557. The molecule has 0 aliphatic carbocycles. The van der Waals surface area contributed by atoms with Crippen LogP contribution in [-0.2, 0) is 30.4 Å². The molecule has 1 aromatic carbocycles. The Hall–Kier alpha value is -2.34. The lowest BCUT2D eigenvalue weighted by molar-refractivity contribution is -0.192. The van der Waals surface area contributed by atoms with E-state index < -0.39 is 18.5 Å². The Morgan fingerprint density at radius 3 is 2.40 bits per heavy atom. The molecule has 6 heteroatoms. The van der Waals surface area contributed by atoms with Crippen molar-refractivity contribution in [2.45, 2.75) is 58.7 Å². The average Bonchev–Trinajstić information content (AvgIpc) is 2.53. The number of esters is 1. The van der Waals surface area contributed by atoms with E-state index in [1.165, 1.54) is 13.8 Å². The maximum absolute atomic E-state index is 11.7. The summed E-state index contributed by atoms with van der Waals surface area (Å²) in [6.07, 6.45) is -0.945. The molecule has 1 saturated heterocycles. The molecular formula is C19H24O6. The van der Waals surface area contributed by atoms with E-state index in [0.29, 0.717) is 31.0 Å². The summed E-state index contributed by atoms with van der Waals surface area (Å²) >= 11 is 0. The zero-order chi connectivity index (χ0) is 18.4. The standard InChI is InChI=1S/C19H24O6/c1-12(2)22-11-15-5-7-16(8-6-15)24-19-10-17(23-14(4)21)9-18(25-19)13(3)20/h5-8,17-19H,1,9-11H2,2-4H3/t17-,18-,19+/m0/s1. The minimum Gasteiger partial charge on any atom is -0.494 e. The van der Waals surface area contributed by atoms with E-state index in [4.69, 9.17) is 18.9 Å². The van der Waals surface area contributed by atoms with Crippen LogP contribution in [0.2, 0.25) is 0 Å². The fourth-order valence-corrected chi connectivity index (χ4v) is 2.54. The Kier molecular flexibility index (Phi) is 6.58. The molecule has 0 N–H and O–H groups in total. The van der Waals surface area contributed by atoms with Gasteiger partial charge in [-0.2, -0.15) is 0 Å². The molecule has 1 aliphatic rings. The van der Waals surface area contributed by atoms with E-state index in [9.17, 15) is 9.59 Å². The highest BCUT2D eigenvalue weighted by molar-refractivity contribution is 5.80. The molecule has 0 unspecified atom stereocenters. The molecule has 0 bridgehead atoms. The highest BCUT2D eigenvalue weighted by Gasteiger charge is 2.34. The first-order valence-corrected chi connectivity index (χ1v) is 8.20. The number of benzene rings is 1. The predicted octanol–water partition coefficient (Wildman–Crippen LogP) is 3.14. The van der Waals surface area contributed by atoms with Crippen LogP contribution in [0, 0.1) is 0 Å². The van der Waals surface area contributed by atoms with Crippen molar-refractivity contribution in [3.05, 3.63) is 42.2 Å². The molecule has 2 rings (SSSR count). The zero-order valence-corrected chi connectivity index (χ0v) is 14.8. The van der Waals surface area contributed by atoms with Crippen LogP contribution in [0.1, 0.15) is 39.2 Å². The van der Waals surface area contributed by atoms with Gasteiger partial charge in [-0.3, -0.25) is 9.59 Å². The minimum atomic E-state index is -0.649. The lowest BCUT2D eigenvalue weighted by Gasteiger charge is -2.33. The fourth-order valence-electron chi connectivity index (χ4n) is 2.54. The summed E-state index contributed by atoms with van der Waals surface area (Å²) in [7, 11) is 0. The number of Topliss-reactive ketones (excluding diaryl/α,β-unsaturated/α-hetero) is 1. The first kappa shape index (κ1) is 19.0. The average molecular weight is 348 g/mol. The number of carbonyl (C=O) groups excluding carboxylic acids is 2. The fraction of sp³-hybridized carbons (Fsp3) is 0.474. The van der Waals surface area contributed by atoms with Gasteiger partial charge in [-0.25, -0.2) is 0 Å². The topological polar surface area (TPSA) is 71.1 Å². The highest BCUT2D eigenvalue weighted by Crippen LogP contribution is 2.26. The third-order valence-electron chi connectivity index (χ3n) is 3.71. The smallest absolute Gasteiger partial charge is 0.302 e. The van der Waals surface area contributed by atoms with Crippen LogP contribution in [0.3, 0.4) is 0 Å². The van der Waals surface area contributed by atoms with Crippen molar-refractivity contribution in [3.8, 4) is 5.75 Å². The molecule has 0 aromatic heterocycles. The largest absolute Gasteiger partial charge is 0.494 e. The van der Waals surface area contributed by atoms with Crippen molar-refractivity contribution in [1.29, 1.82) is 0 Å². The summed E-state index contributed by atoms with van der Waals surface area (Å²) in [5.41, 5.74) is 0.985. The van der Waals surface area contributed by atoms with Crippen LogP contribution in [0.25, 0.3) is 0 Å². The van der Waals surface area contributed by atoms with Gasteiger partial charge in [0, 0.05) is 19.8 Å². The Balaban J connectivity index is 1.98. The van der Waals surface area contributed by atoms with Crippen molar-refractivity contribution >= 4 is 11.8 Å². The van der Waals surface area contributed by atoms with Gasteiger partial charge in [0.05, 0.1) is 5.76 Å². The Labute approximate surface area is 147 Å². The molecule has 0 spiro atoms. The summed E-state index contributed by atoms with van der Waals surface area (Å²) in [6, 6.07) is 7.37. The van der Waals surface area contributed by atoms with Gasteiger partial charge in [-0.15, -0.1) is 0 Å². The Morgan fingerprint density at radius 2 is 1.84 bits per heavy atom. The van der Waals surface area contributed by atoms with Crippen molar-refractivity contribution in [1.82, 2.24) is 0 Å². The SMILES string of the molecule is C=C(C)OCc1ccc(O[C@H]2C[C@@H](OC(C)=O)C[C@@H](C(C)=O)O2)cc1. The number of ketones is 1. The summed E-state index contributed by atoms with van der Waals surface area (Å²) < 4.78 is 22.1. The number of hydrogen-bond donors (Lipinski definition) is 0. The normalized spacial score (nSPS) is 22.8. The number of allylic oxidation sites excluding steroid dienone is 1. The summed E-state index contributed by atoms with van der Waals surface area (Å²) in [6.45, 7) is 8.72. The molecular weight excluding hydrogens is 324 g/mol. The van der Waals surface area contributed by atoms with E-state index >= 15 is 0 Å². The number of ether oxygens (including phenoxy) is 4. The number of rotatable bonds is 7. The van der Waals surface area contributed by atoms with Gasteiger partial charge in [0.25, 0.3) is 0 Å². The van der Waals surface area contributed by atoms with E-state index in [1.54, 1.807) is 19.1 Å². The molecule has 3 atom stereocenters. The van der Waals surface area contributed by atoms with E-state index in [0.717, 1.165) is 5.56 Å². The lowest BCUT2D eigenvalue weighted by atomic mass is 10.0. The van der Waals surface area contributed by atoms with Crippen LogP contribution in [-0.4, -0.2) is 30.3 Å². The maximum Gasteiger partial charge on any atom is 0.302 e. The van der Waals surface area contributed by atoms with Crippen molar-refractivity contribution < 1.29 is 28.5 Å². The first-order valence-electron chi connectivity index (χ1n) is 8.20. The zero-order valence-electron chi connectivity index (χ0n) is 14.8. The number of carbonyl (C=O) groups is 2. The minimum absolute atomic E-state index is 0.113. The van der Waals surface area contributed by atoms with Crippen LogP contribution in [0.5, 0.6) is 5.75 Å². The van der Waals surface area contributed by atoms with Crippen LogP contribution in [0.4, 0.5) is 0 Å². The third kappa shape index (κ3) is 6.23. The maximum atomic E-state index is 11.7. The molecule has 1 aromatic rings. The van der Waals surface area contributed by atoms with E-state index in [1.807, 2.05) is 12.1 Å². The third-order valence-corrected chi connectivity index (χ3v) is 3.71. The Morgan fingerprint density at radius 1 is 1.16 bits per heavy atom. The van der Waals surface area contributed by atoms with Gasteiger partial charge < -0.3 is 18.9 Å². The molecule has 136 valence electrons. The highest BCUT2D eigenvalue weighted by atomic mass is 16.7. The van der Waals surface area contributed by atoms with Crippen molar-refractivity contribution in [2.75, 3.05) is 0 Å². The van der Waals surface area contributed by atoms with Gasteiger partial charge in [-0.1, -0.05) is 18.7 Å². The van der Waals surface area contributed by atoms with Crippen LogP contribution < -0.4 is 4.74 Å². The molecule has 0 saturated carbocycles. The van der Waals surface area contributed by atoms with Crippen LogP contribution >= 0.6 is 0 Å². The van der Waals surface area contributed by atoms with Gasteiger partial charge in [0.15, 0.2) is 5.78 Å². The molecule has 6 nitrogen and oxygen atoms in total. The first-order chi connectivity index (χ1) is 11.8. The monoisotopic (exact) mass is 348 g/mol. The van der Waals surface area contributed by atoms with Gasteiger partial charge >= 0.3 is 5.97 Å². The molecule has 1 heterocycles. The number of hydrogen-bond acceptors (Lipinski definition) is 6. The Bertz CT molecular complexity index is 621. The van der Waals surface area contributed by atoms with Gasteiger partial charge in [-0.05, 0) is 31.5 Å². The molecule has 25 heavy (non-hydrogen) atoms.